The molecule has 4 aromatic rings. The van der Waals surface area contributed by atoms with Crippen LogP contribution in [0.25, 0.3) is 33.4 Å². The number of pyridine rings is 2. The third-order valence-corrected chi connectivity index (χ3v) is 7.41. The van der Waals surface area contributed by atoms with E-state index in [0.29, 0.717) is 11.5 Å². The summed E-state index contributed by atoms with van der Waals surface area (Å²) in [4.78, 5) is 26.1. The lowest BCUT2D eigenvalue weighted by Crippen LogP contribution is -2.34. The minimum Gasteiger partial charge on any atom is -0.383 e. The number of rotatable bonds is 5. The number of aromatic nitrogens is 4. The van der Waals surface area contributed by atoms with Crippen molar-refractivity contribution in [2.45, 2.75) is 38.4 Å². The molecule has 0 saturated carbocycles. The second-order valence-corrected chi connectivity index (χ2v) is 10.4. The summed E-state index contributed by atoms with van der Waals surface area (Å²) < 4.78 is 6.58. The molecule has 2 aliphatic heterocycles. The van der Waals surface area contributed by atoms with Crippen LogP contribution >= 0.6 is 15.9 Å². The molecule has 1 atom stereocenters. The number of hydrogen-bond donors (Lipinski definition) is 1. The number of fused-ring (bicyclic) bond motifs is 1. The normalized spacial score (nSPS) is 18.0. The minimum absolute atomic E-state index is 0.195. The quantitative estimate of drug-likeness (QED) is 0.307. The van der Waals surface area contributed by atoms with Crippen LogP contribution in [-0.2, 0) is 9.57 Å². The largest absolute Gasteiger partial charge is 0.383 e. The van der Waals surface area contributed by atoms with E-state index in [2.05, 4.69) is 42.0 Å². The summed E-state index contributed by atoms with van der Waals surface area (Å²) in [5, 5.41) is 5.11. The molecule has 194 valence electrons. The molecule has 2 saturated heterocycles. The van der Waals surface area contributed by atoms with E-state index < -0.39 is 0 Å². The van der Waals surface area contributed by atoms with Gasteiger partial charge >= 0.3 is 0 Å². The van der Waals surface area contributed by atoms with Gasteiger partial charge in [-0.2, -0.15) is 0 Å². The highest BCUT2D eigenvalue weighted by Gasteiger charge is 2.20. The van der Waals surface area contributed by atoms with Crippen LogP contribution < -0.4 is 10.6 Å². The predicted octanol–water partition coefficient (Wildman–Crippen LogP) is 5.60. The van der Waals surface area contributed by atoms with Crippen LogP contribution in [-0.4, -0.2) is 51.6 Å². The summed E-state index contributed by atoms with van der Waals surface area (Å²) in [7, 11) is 0. The fraction of sp³-hybridized carbons (Fsp3) is 0.321. The maximum atomic E-state index is 6.25. The van der Waals surface area contributed by atoms with E-state index >= 15 is 0 Å². The van der Waals surface area contributed by atoms with Crippen LogP contribution in [0.4, 0.5) is 11.6 Å². The van der Waals surface area contributed by atoms with Crippen LogP contribution in [0.5, 0.6) is 0 Å². The molecule has 38 heavy (non-hydrogen) atoms. The third kappa shape index (κ3) is 5.32. The number of anilines is 2. The summed E-state index contributed by atoms with van der Waals surface area (Å²) in [5.41, 5.74) is 11.5. The number of nitrogens with two attached hydrogens (primary N) is 1. The number of piperidine rings is 1. The van der Waals surface area contributed by atoms with E-state index in [1.165, 1.54) is 6.33 Å². The molecule has 10 heteroatoms. The van der Waals surface area contributed by atoms with Crippen molar-refractivity contribution >= 4 is 44.3 Å². The van der Waals surface area contributed by atoms with Gasteiger partial charge in [0.25, 0.3) is 0 Å². The highest BCUT2D eigenvalue weighted by Crippen LogP contribution is 2.34. The molecular formula is C28H28BrN7O2. The van der Waals surface area contributed by atoms with E-state index in [1.807, 2.05) is 42.6 Å². The highest BCUT2D eigenvalue weighted by atomic mass is 79.9. The van der Waals surface area contributed by atoms with Gasteiger partial charge < -0.3 is 20.2 Å². The van der Waals surface area contributed by atoms with Crippen molar-refractivity contribution in [1.82, 2.24) is 19.9 Å². The second-order valence-electron chi connectivity index (χ2n) is 9.47. The van der Waals surface area contributed by atoms with Gasteiger partial charge in [0.2, 0.25) is 6.29 Å². The van der Waals surface area contributed by atoms with Crippen molar-refractivity contribution in [3.63, 3.8) is 0 Å². The molecule has 0 bridgehead atoms. The average Bonchev–Trinajstić information content (AvgIpc) is 2.97. The van der Waals surface area contributed by atoms with Crippen molar-refractivity contribution < 1.29 is 9.57 Å². The Balaban J connectivity index is 1.21. The molecule has 0 spiro atoms. The zero-order valence-electron chi connectivity index (χ0n) is 20.9. The Morgan fingerprint density at radius 3 is 2.68 bits per heavy atom. The summed E-state index contributed by atoms with van der Waals surface area (Å²) in [6, 6.07) is 14.2. The Morgan fingerprint density at radius 2 is 1.92 bits per heavy atom. The van der Waals surface area contributed by atoms with Crippen LogP contribution in [0.15, 0.2) is 64.6 Å². The van der Waals surface area contributed by atoms with Crippen molar-refractivity contribution in [3.8, 4) is 22.4 Å². The first-order valence-electron chi connectivity index (χ1n) is 12.9. The van der Waals surface area contributed by atoms with Crippen molar-refractivity contribution in [1.29, 1.82) is 0 Å². The Labute approximate surface area is 229 Å². The zero-order chi connectivity index (χ0) is 25.9. The maximum absolute atomic E-state index is 6.25. The molecule has 0 radical (unpaired) electrons. The number of hydrogen-bond acceptors (Lipinski definition) is 9. The molecule has 1 aromatic carbocycles. The highest BCUT2D eigenvalue weighted by molar-refractivity contribution is 9.10. The zero-order valence-corrected chi connectivity index (χ0v) is 22.5. The van der Waals surface area contributed by atoms with Crippen LogP contribution in [0.3, 0.4) is 0 Å². The van der Waals surface area contributed by atoms with E-state index in [9.17, 15) is 0 Å². The monoisotopic (exact) mass is 573 g/mol. The third-order valence-electron chi connectivity index (χ3n) is 6.91. The van der Waals surface area contributed by atoms with Crippen molar-refractivity contribution in [2.75, 3.05) is 30.3 Å². The fourth-order valence-corrected chi connectivity index (χ4v) is 5.26. The van der Waals surface area contributed by atoms with Gasteiger partial charge in [0.15, 0.2) is 5.65 Å². The van der Waals surface area contributed by atoms with E-state index in [-0.39, 0.29) is 6.29 Å². The molecule has 3 aromatic heterocycles. The standard InChI is InChI=1S/C28H28BrN7O2/c29-20-5-3-4-18(14-20)22-15-23(34-28-26(22)27(30)32-17-33-28)19-7-8-24(31-16-19)36-11-9-21(10-12-36)35-38-25-6-1-2-13-37-25/h3-5,7-8,14-17,25H,1-2,6,9-13H2,(H2,30,32,33,34). The summed E-state index contributed by atoms with van der Waals surface area (Å²) in [5.74, 6) is 1.34. The lowest BCUT2D eigenvalue weighted by atomic mass is 10.0. The number of benzene rings is 1. The molecule has 1 unspecified atom stereocenters. The number of ether oxygens (including phenoxy) is 1. The Kier molecular flexibility index (Phi) is 7.15. The van der Waals surface area contributed by atoms with Crippen LogP contribution in [0, 0.1) is 0 Å². The summed E-state index contributed by atoms with van der Waals surface area (Å²) in [6.45, 7) is 2.45. The smallest absolute Gasteiger partial charge is 0.226 e. The van der Waals surface area contributed by atoms with E-state index in [4.69, 9.17) is 25.3 Å². The SMILES string of the molecule is Nc1ncnc2nc(-c3ccc(N4CCC(=NOC5CCCCO5)CC4)nc3)cc(-c3cccc(Br)c3)c12. The van der Waals surface area contributed by atoms with Gasteiger partial charge in [-0.05, 0) is 54.3 Å². The van der Waals surface area contributed by atoms with Gasteiger partial charge in [-0.15, -0.1) is 0 Å². The molecule has 9 nitrogen and oxygen atoms in total. The molecule has 2 fully saturated rings. The molecule has 5 heterocycles. The van der Waals surface area contributed by atoms with Gasteiger partial charge in [-0.1, -0.05) is 33.2 Å². The first-order valence-corrected chi connectivity index (χ1v) is 13.6. The molecule has 0 aliphatic carbocycles. The van der Waals surface area contributed by atoms with E-state index in [0.717, 1.165) is 95.6 Å². The van der Waals surface area contributed by atoms with Gasteiger partial charge in [-0.3, -0.25) is 0 Å². The van der Waals surface area contributed by atoms with Gasteiger partial charge in [0, 0.05) is 48.6 Å². The Morgan fingerprint density at radius 1 is 1.03 bits per heavy atom. The maximum Gasteiger partial charge on any atom is 0.226 e. The second kappa shape index (κ2) is 11.0. The topological polar surface area (TPSA) is 112 Å². The Bertz CT molecular complexity index is 1460. The van der Waals surface area contributed by atoms with Crippen molar-refractivity contribution in [2.24, 2.45) is 5.16 Å². The first kappa shape index (κ1) is 24.7. The number of nitrogens with zero attached hydrogens (tertiary/aromatic N) is 6. The number of oxime groups is 1. The van der Waals surface area contributed by atoms with Gasteiger partial charge in [0.1, 0.15) is 18.0 Å². The minimum atomic E-state index is -0.195. The molecule has 6 rings (SSSR count). The van der Waals surface area contributed by atoms with E-state index in [1.54, 1.807) is 0 Å². The predicted molar refractivity (Wildman–Crippen MR) is 152 cm³/mol. The molecule has 0 amide bonds. The molecular weight excluding hydrogens is 546 g/mol. The lowest BCUT2D eigenvalue weighted by molar-refractivity contribution is -0.162. The van der Waals surface area contributed by atoms with Crippen LogP contribution in [0.1, 0.15) is 32.1 Å². The molecule has 2 N–H and O–H groups in total. The summed E-state index contributed by atoms with van der Waals surface area (Å²) in [6.07, 6.45) is 7.96. The van der Waals surface area contributed by atoms with Crippen LogP contribution in [0.2, 0.25) is 0 Å². The number of halogens is 1. The summed E-state index contributed by atoms with van der Waals surface area (Å²) >= 11 is 3.57. The fourth-order valence-electron chi connectivity index (χ4n) is 4.86. The van der Waals surface area contributed by atoms with Crippen molar-refractivity contribution in [3.05, 3.63) is 59.5 Å². The number of nitrogen functional groups attached to an aromatic ring is 1. The molecule has 2 aliphatic rings. The van der Waals surface area contributed by atoms with Gasteiger partial charge in [-0.25, -0.2) is 19.9 Å². The Hall–Kier alpha value is -3.63. The van der Waals surface area contributed by atoms with Gasteiger partial charge in [0.05, 0.1) is 23.4 Å². The lowest BCUT2D eigenvalue weighted by Gasteiger charge is -2.29. The first-order chi connectivity index (χ1) is 18.6. The average molecular weight is 574 g/mol.